The van der Waals surface area contributed by atoms with Crippen molar-refractivity contribution >= 4 is 17.4 Å². The molecule has 2 fully saturated rings. The van der Waals surface area contributed by atoms with Crippen LogP contribution in [0.1, 0.15) is 31.1 Å². The molecule has 1 unspecified atom stereocenters. The Kier molecular flexibility index (Phi) is 4.52. The molecule has 5 rings (SSSR count). The first-order chi connectivity index (χ1) is 14.2. The number of carbonyl (C=O) groups is 1. The summed E-state index contributed by atoms with van der Waals surface area (Å²) in [6.45, 7) is 1.65. The SMILES string of the molecule is O=C(Nc1ccccc1)Nc1ccc(-c2noc(C3CC34CCOCC4)n2)cc1. The van der Waals surface area contributed by atoms with Crippen LogP contribution in [0.5, 0.6) is 0 Å². The molecule has 29 heavy (non-hydrogen) atoms. The number of anilines is 2. The van der Waals surface area contributed by atoms with Crippen molar-refractivity contribution < 1.29 is 14.1 Å². The molecule has 2 aromatic carbocycles. The van der Waals surface area contributed by atoms with E-state index >= 15 is 0 Å². The Hall–Kier alpha value is -3.19. The van der Waals surface area contributed by atoms with Crippen LogP contribution in [0.15, 0.2) is 59.1 Å². The van der Waals surface area contributed by atoms with E-state index in [9.17, 15) is 4.79 Å². The van der Waals surface area contributed by atoms with Gasteiger partial charge in [-0.05, 0) is 61.1 Å². The number of benzene rings is 2. The van der Waals surface area contributed by atoms with E-state index in [0.717, 1.165) is 49.6 Å². The molecule has 0 bridgehead atoms. The summed E-state index contributed by atoms with van der Waals surface area (Å²) >= 11 is 0. The average molecular weight is 390 g/mol. The zero-order valence-electron chi connectivity index (χ0n) is 15.9. The molecule has 7 nitrogen and oxygen atoms in total. The standard InChI is InChI=1S/C22H22N4O3/c27-21(23-16-4-2-1-3-5-16)24-17-8-6-15(7-9-17)19-25-20(29-26-19)18-14-22(18)10-12-28-13-11-22/h1-9,18H,10-14H2,(H2,23,24,27). The van der Waals surface area contributed by atoms with E-state index in [4.69, 9.17) is 9.26 Å². The molecule has 1 aliphatic carbocycles. The van der Waals surface area contributed by atoms with Crippen LogP contribution in [0.4, 0.5) is 16.2 Å². The Morgan fingerprint density at radius 3 is 2.38 bits per heavy atom. The lowest BCUT2D eigenvalue weighted by Gasteiger charge is -2.21. The molecule has 2 amide bonds. The molecular weight excluding hydrogens is 368 g/mol. The summed E-state index contributed by atoms with van der Waals surface area (Å²) in [6, 6.07) is 16.4. The second kappa shape index (κ2) is 7.33. The van der Waals surface area contributed by atoms with Gasteiger partial charge in [-0.15, -0.1) is 0 Å². The second-order valence-corrected chi connectivity index (χ2v) is 7.71. The minimum atomic E-state index is -0.290. The lowest BCUT2D eigenvalue weighted by Crippen LogP contribution is -2.19. The molecule has 2 aliphatic rings. The number of aromatic nitrogens is 2. The maximum atomic E-state index is 12.1. The third-order valence-electron chi connectivity index (χ3n) is 5.85. The lowest BCUT2D eigenvalue weighted by atomic mass is 9.94. The van der Waals surface area contributed by atoms with Crippen molar-refractivity contribution in [2.45, 2.75) is 25.2 Å². The number of nitrogens with one attached hydrogen (secondary N) is 2. The van der Waals surface area contributed by atoms with Crippen LogP contribution in [-0.4, -0.2) is 29.4 Å². The van der Waals surface area contributed by atoms with Gasteiger partial charge in [-0.1, -0.05) is 23.4 Å². The number of urea groups is 1. The van der Waals surface area contributed by atoms with Gasteiger partial charge in [0.15, 0.2) is 0 Å². The number of amides is 2. The molecule has 1 spiro atoms. The predicted molar refractivity (Wildman–Crippen MR) is 109 cm³/mol. The van der Waals surface area contributed by atoms with Crippen molar-refractivity contribution in [3.8, 4) is 11.4 Å². The average Bonchev–Trinajstić information content (AvgIpc) is 3.21. The van der Waals surface area contributed by atoms with E-state index < -0.39 is 0 Å². The molecule has 1 aliphatic heterocycles. The van der Waals surface area contributed by atoms with Gasteiger partial charge < -0.3 is 19.9 Å². The fourth-order valence-electron chi connectivity index (χ4n) is 4.04. The van der Waals surface area contributed by atoms with Crippen LogP contribution >= 0.6 is 0 Å². The van der Waals surface area contributed by atoms with Gasteiger partial charge in [-0.2, -0.15) is 4.98 Å². The number of rotatable bonds is 4. The molecule has 3 aromatic rings. The largest absolute Gasteiger partial charge is 0.381 e. The summed E-state index contributed by atoms with van der Waals surface area (Å²) in [5.41, 5.74) is 2.59. The summed E-state index contributed by atoms with van der Waals surface area (Å²) < 4.78 is 11.0. The minimum Gasteiger partial charge on any atom is -0.381 e. The van der Waals surface area contributed by atoms with E-state index in [1.54, 1.807) is 0 Å². The maximum Gasteiger partial charge on any atom is 0.323 e. The highest BCUT2D eigenvalue weighted by molar-refractivity contribution is 5.99. The van der Waals surface area contributed by atoms with Crippen LogP contribution in [0.25, 0.3) is 11.4 Å². The van der Waals surface area contributed by atoms with Crippen molar-refractivity contribution in [1.29, 1.82) is 0 Å². The Bertz CT molecular complexity index is 994. The van der Waals surface area contributed by atoms with Crippen LogP contribution < -0.4 is 10.6 Å². The molecule has 1 aromatic heterocycles. The van der Waals surface area contributed by atoms with Crippen LogP contribution in [0, 0.1) is 5.41 Å². The molecular formula is C22H22N4O3. The lowest BCUT2D eigenvalue weighted by molar-refractivity contribution is 0.0544. The first-order valence-corrected chi connectivity index (χ1v) is 9.87. The molecule has 1 saturated carbocycles. The third kappa shape index (κ3) is 3.73. The Labute approximate surface area is 168 Å². The highest BCUT2D eigenvalue weighted by Crippen LogP contribution is 2.64. The van der Waals surface area contributed by atoms with E-state index in [1.807, 2.05) is 54.6 Å². The van der Waals surface area contributed by atoms with Crippen LogP contribution in [0.2, 0.25) is 0 Å². The van der Waals surface area contributed by atoms with Gasteiger partial charge in [0.2, 0.25) is 11.7 Å². The van der Waals surface area contributed by atoms with Crippen molar-refractivity contribution in [2.75, 3.05) is 23.8 Å². The summed E-state index contributed by atoms with van der Waals surface area (Å²) in [5, 5.41) is 9.76. The van der Waals surface area contributed by atoms with Gasteiger partial charge in [-0.25, -0.2) is 4.79 Å². The maximum absolute atomic E-state index is 12.1. The van der Waals surface area contributed by atoms with Crippen LogP contribution in [0.3, 0.4) is 0 Å². The molecule has 1 saturated heterocycles. The van der Waals surface area contributed by atoms with Gasteiger partial charge in [0.05, 0.1) is 0 Å². The second-order valence-electron chi connectivity index (χ2n) is 7.71. The van der Waals surface area contributed by atoms with Gasteiger partial charge in [0.1, 0.15) is 0 Å². The van der Waals surface area contributed by atoms with Gasteiger partial charge in [-0.3, -0.25) is 0 Å². The number of para-hydroxylation sites is 1. The quantitative estimate of drug-likeness (QED) is 0.676. The highest BCUT2D eigenvalue weighted by atomic mass is 16.5. The summed E-state index contributed by atoms with van der Waals surface area (Å²) in [4.78, 5) is 16.7. The number of carbonyl (C=O) groups excluding carboxylic acids is 1. The molecule has 1 atom stereocenters. The van der Waals surface area contributed by atoms with Crippen molar-refractivity contribution in [2.24, 2.45) is 5.41 Å². The van der Waals surface area contributed by atoms with E-state index in [2.05, 4.69) is 20.8 Å². The molecule has 0 radical (unpaired) electrons. The summed E-state index contributed by atoms with van der Waals surface area (Å²) in [5.74, 6) is 1.66. The van der Waals surface area contributed by atoms with Crippen molar-refractivity contribution in [3.63, 3.8) is 0 Å². The number of ether oxygens (including phenoxy) is 1. The zero-order chi connectivity index (χ0) is 19.7. The summed E-state index contributed by atoms with van der Waals surface area (Å²) in [7, 11) is 0. The molecule has 7 heteroatoms. The zero-order valence-corrected chi connectivity index (χ0v) is 15.9. The van der Waals surface area contributed by atoms with Crippen molar-refractivity contribution in [3.05, 3.63) is 60.5 Å². The van der Waals surface area contributed by atoms with Crippen molar-refractivity contribution in [1.82, 2.24) is 10.1 Å². The first kappa shape index (κ1) is 17.9. The fourth-order valence-corrected chi connectivity index (χ4v) is 4.04. The smallest absolute Gasteiger partial charge is 0.323 e. The fraction of sp³-hybridized carbons (Fsp3) is 0.318. The Balaban J connectivity index is 1.22. The van der Waals surface area contributed by atoms with Gasteiger partial charge >= 0.3 is 6.03 Å². The third-order valence-corrected chi connectivity index (χ3v) is 5.85. The number of hydrogen-bond donors (Lipinski definition) is 2. The molecule has 2 N–H and O–H groups in total. The number of hydrogen-bond acceptors (Lipinski definition) is 5. The Morgan fingerprint density at radius 2 is 1.66 bits per heavy atom. The van der Waals surface area contributed by atoms with Crippen LogP contribution in [-0.2, 0) is 4.74 Å². The summed E-state index contributed by atoms with van der Waals surface area (Å²) in [6.07, 6.45) is 3.25. The molecule has 2 heterocycles. The van der Waals surface area contributed by atoms with Gasteiger partial charge in [0.25, 0.3) is 0 Å². The monoisotopic (exact) mass is 390 g/mol. The number of nitrogens with zero attached hydrogens (tertiary/aromatic N) is 2. The van der Waals surface area contributed by atoms with Gasteiger partial charge in [0, 0.05) is 36.1 Å². The van der Waals surface area contributed by atoms with E-state index in [0.29, 0.717) is 22.8 Å². The Morgan fingerprint density at radius 1 is 0.966 bits per heavy atom. The van der Waals surface area contributed by atoms with E-state index in [-0.39, 0.29) is 6.03 Å². The predicted octanol–water partition coefficient (Wildman–Crippen LogP) is 4.66. The minimum absolute atomic E-state index is 0.290. The molecule has 148 valence electrons. The first-order valence-electron chi connectivity index (χ1n) is 9.87. The normalized spacial score (nSPS) is 19.7. The van der Waals surface area contributed by atoms with E-state index in [1.165, 1.54) is 0 Å². The highest BCUT2D eigenvalue weighted by Gasteiger charge is 2.57. The topological polar surface area (TPSA) is 89.3 Å².